The molecule has 0 saturated carbocycles. The van der Waals surface area contributed by atoms with Crippen molar-refractivity contribution in [2.24, 2.45) is 0 Å². The number of rotatable bonds is 2. The molecule has 1 aromatic heterocycles. The summed E-state index contributed by atoms with van der Waals surface area (Å²) in [5, 5.41) is 6.95. The number of benzene rings is 1. The van der Waals surface area contributed by atoms with E-state index in [1.165, 1.54) is 0 Å². The molecule has 2 aromatic rings. The van der Waals surface area contributed by atoms with Gasteiger partial charge >= 0.3 is 0 Å². The van der Waals surface area contributed by atoms with Crippen LogP contribution in [0.2, 0.25) is 0 Å². The molecule has 0 radical (unpaired) electrons. The van der Waals surface area contributed by atoms with Crippen molar-refractivity contribution in [1.82, 2.24) is 15.1 Å². The van der Waals surface area contributed by atoms with Gasteiger partial charge in [0.2, 0.25) is 0 Å². The van der Waals surface area contributed by atoms with E-state index < -0.39 is 11.6 Å². The number of carbonyl (C=O) groups is 1. The summed E-state index contributed by atoms with van der Waals surface area (Å²) in [4.78, 5) is 13.9. The van der Waals surface area contributed by atoms with E-state index in [0.29, 0.717) is 13.1 Å². The Hall–Kier alpha value is -2.24. The van der Waals surface area contributed by atoms with Crippen molar-refractivity contribution < 1.29 is 13.6 Å². The predicted octanol–water partition coefficient (Wildman–Crippen LogP) is 2.63. The van der Waals surface area contributed by atoms with Crippen LogP contribution >= 0.6 is 0 Å². The molecular weight excluding hydrogens is 276 g/mol. The third-order valence-electron chi connectivity index (χ3n) is 3.86. The topological polar surface area (TPSA) is 49.0 Å². The standard InChI is InChI=1S/C15H15F2N3O/c1-9-7-18-19-14(9)10-2-3-20(8-10)15(21)11-4-12(16)6-13(17)5-11/h4-7,10H,2-3,8H2,1H3,(H,18,19)/t10-/m0/s1. The van der Waals surface area contributed by atoms with E-state index in [1.807, 2.05) is 6.92 Å². The van der Waals surface area contributed by atoms with Crippen LogP contribution in [0.4, 0.5) is 8.78 Å². The normalized spacial score (nSPS) is 18.2. The molecule has 1 aromatic carbocycles. The van der Waals surface area contributed by atoms with Crippen molar-refractivity contribution in [2.75, 3.05) is 13.1 Å². The third kappa shape index (κ3) is 2.66. The zero-order chi connectivity index (χ0) is 15.0. The van der Waals surface area contributed by atoms with E-state index in [2.05, 4.69) is 10.2 Å². The Morgan fingerprint density at radius 1 is 1.33 bits per heavy atom. The number of likely N-dealkylation sites (tertiary alicyclic amines) is 1. The minimum atomic E-state index is -0.737. The van der Waals surface area contributed by atoms with Gasteiger partial charge in [0.1, 0.15) is 11.6 Å². The molecule has 1 saturated heterocycles. The van der Waals surface area contributed by atoms with E-state index in [1.54, 1.807) is 11.1 Å². The molecule has 4 nitrogen and oxygen atoms in total. The smallest absolute Gasteiger partial charge is 0.254 e. The summed E-state index contributed by atoms with van der Waals surface area (Å²) < 4.78 is 26.4. The molecule has 1 aliphatic rings. The number of H-pyrrole nitrogens is 1. The van der Waals surface area contributed by atoms with E-state index in [-0.39, 0.29) is 17.4 Å². The molecule has 0 aliphatic carbocycles. The number of aromatic nitrogens is 2. The van der Waals surface area contributed by atoms with E-state index in [0.717, 1.165) is 35.9 Å². The lowest BCUT2D eigenvalue weighted by Gasteiger charge is -2.16. The summed E-state index contributed by atoms with van der Waals surface area (Å²) in [5.41, 5.74) is 2.14. The molecule has 110 valence electrons. The zero-order valence-electron chi connectivity index (χ0n) is 11.6. The fraction of sp³-hybridized carbons (Fsp3) is 0.333. The first kappa shape index (κ1) is 13.7. The first-order valence-corrected chi connectivity index (χ1v) is 6.80. The molecular formula is C15H15F2N3O. The molecule has 21 heavy (non-hydrogen) atoms. The average Bonchev–Trinajstić information content (AvgIpc) is 3.05. The Labute approximate surface area is 120 Å². The SMILES string of the molecule is Cc1cn[nH]c1[C@H]1CCN(C(=O)c2cc(F)cc(F)c2)C1. The number of nitrogens with zero attached hydrogens (tertiary/aromatic N) is 2. The molecule has 1 amide bonds. The van der Waals surface area contributed by atoms with Gasteiger partial charge in [-0.1, -0.05) is 0 Å². The predicted molar refractivity (Wildman–Crippen MR) is 72.9 cm³/mol. The fourth-order valence-corrected chi connectivity index (χ4v) is 2.81. The summed E-state index contributed by atoms with van der Waals surface area (Å²) in [5.74, 6) is -1.63. The van der Waals surface area contributed by atoms with Crippen LogP contribution in [0.1, 0.15) is 34.0 Å². The largest absolute Gasteiger partial charge is 0.338 e. The Morgan fingerprint density at radius 3 is 2.67 bits per heavy atom. The molecule has 2 heterocycles. The van der Waals surface area contributed by atoms with Gasteiger partial charge in [0.05, 0.1) is 6.20 Å². The zero-order valence-corrected chi connectivity index (χ0v) is 11.6. The van der Waals surface area contributed by atoms with Gasteiger partial charge in [-0.05, 0) is 31.0 Å². The number of hydrogen-bond donors (Lipinski definition) is 1. The summed E-state index contributed by atoms with van der Waals surface area (Å²) >= 11 is 0. The van der Waals surface area contributed by atoms with Gasteiger partial charge in [-0.3, -0.25) is 9.89 Å². The number of aromatic amines is 1. The van der Waals surface area contributed by atoms with Gasteiger partial charge in [0.25, 0.3) is 5.91 Å². The highest BCUT2D eigenvalue weighted by Crippen LogP contribution is 2.28. The number of carbonyl (C=O) groups excluding carboxylic acids is 1. The van der Waals surface area contributed by atoms with Crippen LogP contribution in [-0.2, 0) is 0 Å². The second-order valence-electron chi connectivity index (χ2n) is 5.36. The van der Waals surface area contributed by atoms with E-state index in [9.17, 15) is 13.6 Å². The van der Waals surface area contributed by atoms with Gasteiger partial charge in [-0.2, -0.15) is 5.10 Å². The highest BCUT2D eigenvalue weighted by molar-refractivity contribution is 5.94. The Bertz CT molecular complexity index is 663. The third-order valence-corrected chi connectivity index (χ3v) is 3.86. The number of nitrogens with one attached hydrogen (secondary N) is 1. The maximum Gasteiger partial charge on any atom is 0.254 e. The Balaban J connectivity index is 1.77. The van der Waals surface area contributed by atoms with Gasteiger partial charge in [0, 0.05) is 36.3 Å². The lowest BCUT2D eigenvalue weighted by atomic mass is 10.0. The lowest BCUT2D eigenvalue weighted by molar-refractivity contribution is 0.0789. The maximum atomic E-state index is 13.2. The number of hydrogen-bond acceptors (Lipinski definition) is 2. The molecule has 1 aliphatic heterocycles. The quantitative estimate of drug-likeness (QED) is 0.924. The molecule has 1 N–H and O–H groups in total. The van der Waals surface area contributed by atoms with Crippen molar-refractivity contribution in [1.29, 1.82) is 0 Å². The second-order valence-corrected chi connectivity index (χ2v) is 5.36. The minimum absolute atomic E-state index is 0.0504. The molecule has 3 rings (SSSR count). The van der Waals surface area contributed by atoms with Crippen LogP contribution in [0.5, 0.6) is 0 Å². The molecule has 1 atom stereocenters. The Morgan fingerprint density at radius 2 is 2.05 bits per heavy atom. The van der Waals surface area contributed by atoms with Gasteiger partial charge in [-0.25, -0.2) is 8.78 Å². The highest BCUT2D eigenvalue weighted by Gasteiger charge is 2.30. The van der Waals surface area contributed by atoms with Crippen LogP contribution in [0.15, 0.2) is 24.4 Å². The van der Waals surface area contributed by atoms with Crippen molar-refractivity contribution in [3.63, 3.8) is 0 Å². The fourth-order valence-electron chi connectivity index (χ4n) is 2.81. The Kier molecular flexibility index (Phi) is 3.45. The second kappa shape index (κ2) is 5.27. The monoisotopic (exact) mass is 291 g/mol. The first-order chi connectivity index (χ1) is 10.0. The maximum absolute atomic E-state index is 13.2. The molecule has 1 fully saturated rings. The van der Waals surface area contributed by atoms with Crippen LogP contribution in [0, 0.1) is 18.6 Å². The first-order valence-electron chi connectivity index (χ1n) is 6.80. The highest BCUT2D eigenvalue weighted by atomic mass is 19.1. The number of amides is 1. The summed E-state index contributed by atoms with van der Waals surface area (Å²) in [6.07, 6.45) is 2.56. The van der Waals surface area contributed by atoms with Crippen LogP contribution < -0.4 is 0 Å². The molecule has 0 unspecified atom stereocenters. The molecule has 6 heteroatoms. The van der Waals surface area contributed by atoms with Crippen molar-refractivity contribution in [2.45, 2.75) is 19.3 Å². The number of halogens is 2. The summed E-state index contributed by atoms with van der Waals surface area (Å²) in [7, 11) is 0. The van der Waals surface area contributed by atoms with Gasteiger partial charge in [0.15, 0.2) is 0 Å². The van der Waals surface area contributed by atoms with E-state index in [4.69, 9.17) is 0 Å². The van der Waals surface area contributed by atoms with Gasteiger partial charge < -0.3 is 4.90 Å². The average molecular weight is 291 g/mol. The number of aryl methyl sites for hydroxylation is 1. The van der Waals surface area contributed by atoms with Gasteiger partial charge in [-0.15, -0.1) is 0 Å². The minimum Gasteiger partial charge on any atom is -0.338 e. The summed E-state index contributed by atoms with van der Waals surface area (Å²) in [6.45, 7) is 3.06. The lowest BCUT2D eigenvalue weighted by Crippen LogP contribution is -2.28. The summed E-state index contributed by atoms with van der Waals surface area (Å²) in [6, 6.07) is 2.90. The van der Waals surface area contributed by atoms with Crippen molar-refractivity contribution >= 4 is 5.91 Å². The molecule has 0 bridgehead atoms. The van der Waals surface area contributed by atoms with Crippen molar-refractivity contribution in [3.8, 4) is 0 Å². The van der Waals surface area contributed by atoms with Crippen LogP contribution in [-0.4, -0.2) is 34.1 Å². The van der Waals surface area contributed by atoms with Crippen LogP contribution in [0.3, 0.4) is 0 Å². The van der Waals surface area contributed by atoms with Crippen LogP contribution in [0.25, 0.3) is 0 Å². The van der Waals surface area contributed by atoms with E-state index >= 15 is 0 Å². The molecule has 0 spiro atoms. The van der Waals surface area contributed by atoms with Crippen molar-refractivity contribution in [3.05, 3.63) is 52.9 Å².